The van der Waals surface area contributed by atoms with E-state index in [0.717, 1.165) is 31.2 Å². The summed E-state index contributed by atoms with van der Waals surface area (Å²) < 4.78 is 3.11. The van der Waals surface area contributed by atoms with Gasteiger partial charge >= 0.3 is 5.97 Å². The largest absolute Gasteiger partial charge is 0.481 e. The molecule has 0 aromatic heterocycles. The number of aliphatic carboxylic acids is 1. The maximum absolute atomic E-state index is 10.9. The van der Waals surface area contributed by atoms with Gasteiger partial charge in [0.1, 0.15) is 4.90 Å². The normalized spacial score (nSPS) is 16.6. The molecule has 0 spiro atoms. The Morgan fingerprint density at radius 1 is 1.47 bits per heavy atom. The van der Waals surface area contributed by atoms with Gasteiger partial charge in [-0.05, 0) is 37.3 Å². The predicted molar refractivity (Wildman–Crippen MR) is 70.9 cm³/mol. The number of nitro benzene ring substituents is 1. The number of carboxylic acid groups (broad SMARTS) is 1. The third-order valence-corrected chi connectivity index (χ3v) is 4.34. The topological polar surface area (TPSA) is 92.5 Å². The number of nitrogens with zero attached hydrogens (tertiary/aromatic N) is 1. The van der Waals surface area contributed by atoms with Gasteiger partial charge in [0.25, 0.3) is 5.69 Å². The van der Waals surface area contributed by atoms with E-state index in [1.54, 1.807) is 18.2 Å². The highest BCUT2D eigenvalue weighted by molar-refractivity contribution is 7.97. The van der Waals surface area contributed by atoms with Crippen molar-refractivity contribution in [2.45, 2.75) is 36.1 Å². The van der Waals surface area contributed by atoms with Crippen LogP contribution >= 0.6 is 11.9 Å². The average molecular weight is 282 g/mol. The number of rotatable bonds is 6. The van der Waals surface area contributed by atoms with Gasteiger partial charge in [0.05, 0.1) is 11.3 Å². The summed E-state index contributed by atoms with van der Waals surface area (Å²) in [6.45, 7) is 0. The fourth-order valence-corrected chi connectivity index (χ4v) is 3.06. The van der Waals surface area contributed by atoms with Crippen molar-refractivity contribution in [1.82, 2.24) is 4.72 Å². The number of carboxylic acids is 1. The van der Waals surface area contributed by atoms with Crippen LogP contribution in [0, 0.1) is 10.1 Å². The van der Waals surface area contributed by atoms with E-state index < -0.39 is 16.4 Å². The first-order valence-corrected chi connectivity index (χ1v) is 6.73. The smallest absolute Gasteiger partial charge is 0.305 e. The minimum absolute atomic E-state index is 0.0322. The Bertz CT molecular complexity index is 502. The number of nitro groups is 1. The Morgan fingerprint density at radius 2 is 2.16 bits per heavy atom. The van der Waals surface area contributed by atoms with Gasteiger partial charge in [-0.2, -0.15) is 0 Å². The summed E-state index contributed by atoms with van der Waals surface area (Å²) in [5.41, 5.74) is -0.398. The van der Waals surface area contributed by atoms with Gasteiger partial charge in [0.15, 0.2) is 0 Å². The minimum atomic E-state index is -0.852. The second-order valence-electron chi connectivity index (χ2n) is 4.63. The lowest BCUT2D eigenvalue weighted by Crippen LogP contribution is -2.49. The number of nitrogens with one attached hydrogen (secondary N) is 1. The van der Waals surface area contributed by atoms with E-state index in [1.807, 2.05) is 0 Å². The van der Waals surface area contributed by atoms with Crippen LogP contribution in [0.1, 0.15) is 25.7 Å². The van der Waals surface area contributed by atoms with E-state index in [0.29, 0.717) is 4.90 Å². The molecule has 102 valence electrons. The van der Waals surface area contributed by atoms with Gasteiger partial charge in [-0.25, -0.2) is 0 Å². The Kier molecular flexibility index (Phi) is 4.06. The quantitative estimate of drug-likeness (QED) is 0.473. The van der Waals surface area contributed by atoms with Gasteiger partial charge in [0, 0.05) is 11.6 Å². The van der Waals surface area contributed by atoms with Crippen molar-refractivity contribution in [3.63, 3.8) is 0 Å². The Balaban J connectivity index is 2.06. The van der Waals surface area contributed by atoms with E-state index >= 15 is 0 Å². The molecule has 0 unspecified atom stereocenters. The second kappa shape index (κ2) is 5.58. The average Bonchev–Trinajstić information content (AvgIpc) is 2.32. The number of benzene rings is 1. The van der Waals surface area contributed by atoms with Crippen molar-refractivity contribution in [3.05, 3.63) is 34.4 Å². The van der Waals surface area contributed by atoms with Gasteiger partial charge in [-0.1, -0.05) is 12.1 Å². The SMILES string of the molecule is O=C(O)CC1(NSc2ccccc2[N+](=O)[O-])CCC1. The van der Waals surface area contributed by atoms with Gasteiger partial charge < -0.3 is 5.11 Å². The fraction of sp³-hybridized carbons (Fsp3) is 0.417. The molecule has 7 heteroatoms. The van der Waals surface area contributed by atoms with Crippen LogP contribution in [0.15, 0.2) is 29.2 Å². The predicted octanol–water partition coefficient (Wildman–Crippen LogP) is 2.59. The standard InChI is InChI=1S/C12H14N2O4S/c15-11(16)8-12(6-3-7-12)13-19-10-5-2-1-4-9(10)14(17)18/h1-2,4-5,13H,3,6-8H2,(H,15,16). The zero-order valence-corrected chi connectivity index (χ0v) is 11.0. The van der Waals surface area contributed by atoms with Gasteiger partial charge in [-0.15, -0.1) is 0 Å². The van der Waals surface area contributed by atoms with Crippen LogP contribution in [0.5, 0.6) is 0 Å². The molecule has 1 aliphatic carbocycles. The van der Waals surface area contributed by atoms with Crippen LogP contribution in [0.4, 0.5) is 5.69 Å². The molecule has 2 N–H and O–H groups in total. The molecule has 0 atom stereocenters. The molecule has 19 heavy (non-hydrogen) atoms. The molecule has 0 saturated heterocycles. The van der Waals surface area contributed by atoms with Crippen molar-refractivity contribution in [3.8, 4) is 0 Å². The molecule has 1 saturated carbocycles. The molecule has 0 aliphatic heterocycles. The van der Waals surface area contributed by atoms with Crippen molar-refractivity contribution in [1.29, 1.82) is 0 Å². The molecule has 0 bridgehead atoms. The van der Waals surface area contributed by atoms with E-state index in [1.165, 1.54) is 6.07 Å². The van der Waals surface area contributed by atoms with Gasteiger partial charge in [0.2, 0.25) is 0 Å². The molecule has 1 fully saturated rings. The molecule has 6 nitrogen and oxygen atoms in total. The summed E-state index contributed by atoms with van der Waals surface area (Å²) in [5.74, 6) is -0.852. The highest BCUT2D eigenvalue weighted by Gasteiger charge is 2.39. The van der Waals surface area contributed by atoms with Crippen LogP contribution in [-0.4, -0.2) is 21.5 Å². The van der Waals surface area contributed by atoms with Crippen molar-refractivity contribution in [2.75, 3.05) is 0 Å². The van der Waals surface area contributed by atoms with Crippen LogP contribution < -0.4 is 4.72 Å². The van der Waals surface area contributed by atoms with Crippen molar-refractivity contribution in [2.24, 2.45) is 0 Å². The number of hydrogen-bond donors (Lipinski definition) is 2. The highest BCUT2D eigenvalue weighted by atomic mass is 32.2. The molecule has 1 aliphatic rings. The van der Waals surface area contributed by atoms with Crippen LogP contribution in [0.2, 0.25) is 0 Å². The fourth-order valence-electron chi connectivity index (χ4n) is 2.07. The lowest BCUT2D eigenvalue weighted by Gasteiger charge is -2.41. The Hall–Kier alpha value is -1.60. The third kappa shape index (κ3) is 3.24. The van der Waals surface area contributed by atoms with Crippen molar-refractivity contribution < 1.29 is 14.8 Å². The first kappa shape index (κ1) is 13.8. The molecule has 0 radical (unpaired) electrons. The van der Waals surface area contributed by atoms with Crippen LogP contribution in [0.25, 0.3) is 0 Å². The summed E-state index contributed by atoms with van der Waals surface area (Å²) in [6, 6.07) is 6.43. The van der Waals surface area contributed by atoms with Crippen LogP contribution in [-0.2, 0) is 4.79 Å². The van der Waals surface area contributed by atoms with Gasteiger partial charge in [-0.3, -0.25) is 19.6 Å². The van der Waals surface area contributed by atoms with Crippen molar-refractivity contribution >= 4 is 23.6 Å². The molecule has 0 amide bonds. The van der Waals surface area contributed by atoms with E-state index in [2.05, 4.69) is 4.72 Å². The zero-order chi connectivity index (χ0) is 13.9. The summed E-state index contributed by atoms with van der Waals surface area (Å²) in [6.07, 6.45) is 2.60. The number of para-hydroxylation sites is 1. The Morgan fingerprint density at radius 3 is 2.68 bits per heavy atom. The molecule has 2 rings (SSSR count). The zero-order valence-electron chi connectivity index (χ0n) is 10.2. The summed E-state index contributed by atoms with van der Waals surface area (Å²) in [4.78, 5) is 21.8. The maximum atomic E-state index is 10.9. The summed E-state index contributed by atoms with van der Waals surface area (Å²) in [7, 11) is 0. The van der Waals surface area contributed by atoms with Crippen LogP contribution in [0.3, 0.4) is 0 Å². The lowest BCUT2D eigenvalue weighted by atomic mass is 9.75. The number of carbonyl (C=O) groups is 1. The molecule has 0 heterocycles. The highest BCUT2D eigenvalue weighted by Crippen LogP contribution is 2.39. The Labute approximate surface area is 114 Å². The first-order chi connectivity index (χ1) is 9.02. The second-order valence-corrected chi connectivity index (χ2v) is 5.48. The van der Waals surface area contributed by atoms with E-state index in [9.17, 15) is 14.9 Å². The maximum Gasteiger partial charge on any atom is 0.305 e. The summed E-state index contributed by atoms with van der Waals surface area (Å²) >= 11 is 1.15. The monoisotopic (exact) mass is 282 g/mol. The molecular weight excluding hydrogens is 268 g/mol. The summed E-state index contributed by atoms with van der Waals surface area (Å²) in [5, 5.41) is 19.8. The first-order valence-electron chi connectivity index (χ1n) is 5.92. The van der Waals surface area contributed by atoms with E-state index in [-0.39, 0.29) is 12.1 Å². The molecular formula is C12H14N2O4S. The lowest BCUT2D eigenvalue weighted by molar-refractivity contribution is -0.387. The number of hydrogen-bond acceptors (Lipinski definition) is 5. The molecule has 1 aromatic carbocycles. The van der Waals surface area contributed by atoms with E-state index in [4.69, 9.17) is 5.11 Å². The third-order valence-electron chi connectivity index (χ3n) is 3.24. The minimum Gasteiger partial charge on any atom is -0.481 e. The molecule has 1 aromatic rings.